The van der Waals surface area contributed by atoms with E-state index in [0.29, 0.717) is 16.9 Å². The van der Waals surface area contributed by atoms with Crippen molar-refractivity contribution in [3.05, 3.63) is 66.0 Å². The van der Waals surface area contributed by atoms with Crippen LogP contribution in [0.15, 0.2) is 59.6 Å². The molecule has 7 nitrogen and oxygen atoms in total. The second kappa shape index (κ2) is 5.89. The first-order valence-corrected chi connectivity index (χ1v) is 8.87. The molecular weight excluding hydrogens is 328 g/mol. The highest BCUT2D eigenvalue weighted by Crippen LogP contribution is 2.17. The molecule has 0 aliphatic rings. The van der Waals surface area contributed by atoms with Crippen LogP contribution in [-0.2, 0) is 9.84 Å². The van der Waals surface area contributed by atoms with Gasteiger partial charge in [0.05, 0.1) is 16.8 Å². The van der Waals surface area contributed by atoms with E-state index in [9.17, 15) is 13.2 Å². The number of nitrogen functional groups attached to an aromatic ring is 1. The van der Waals surface area contributed by atoms with Gasteiger partial charge in [0.2, 0.25) is 5.78 Å². The van der Waals surface area contributed by atoms with Crippen LogP contribution in [0, 0.1) is 0 Å². The molecule has 0 radical (unpaired) electrons. The van der Waals surface area contributed by atoms with E-state index in [1.807, 2.05) is 0 Å². The first-order chi connectivity index (χ1) is 11.4. The van der Waals surface area contributed by atoms with E-state index in [1.54, 1.807) is 36.4 Å². The number of nitrogens with two attached hydrogens (primary N) is 1. The molecule has 0 fully saturated rings. The van der Waals surface area contributed by atoms with E-state index in [-0.39, 0.29) is 16.4 Å². The van der Waals surface area contributed by atoms with Crippen molar-refractivity contribution in [3.8, 4) is 5.69 Å². The second-order valence-corrected chi connectivity index (χ2v) is 7.25. The quantitative estimate of drug-likeness (QED) is 0.568. The topological polar surface area (TPSA) is 108 Å². The highest BCUT2D eigenvalue weighted by molar-refractivity contribution is 7.90. The maximum atomic E-state index is 12.4. The molecule has 24 heavy (non-hydrogen) atoms. The molecule has 0 aliphatic carbocycles. The van der Waals surface area contributed by atoms with E-state index in [4.69, 9.17) is 5.73 Å². The van der Waals surface area contributed by atoms with E-state index in [1.165, 1.54) is 23.0 Å². The van der Waals surface area contributed by atoms with Gasteiger partial charge in [0.1, 0.15) is 0 Å². The van der Waals surface area contributed by atoms with Crippen LogP contribution in [0.3, 0.4) is 0 Å². The predicted molar refractivity (Wildman–Crippen MR) is 88.8 cm³/mol. The third-order valence-electron chi connectivity index (χ3n) is 3.44. The van der Waals surface area contributed by atoms with Crippen molar-refractivity contribution in [3.63, 3.8) is 0 Å². The summed E-state index contributed by atoms with van der Waals surface area (Å²) in [6, 6.07) is 12.9. The SMILES string of the molecule is CS(=O)(=O)c1cccc(-n2cc(C(=O)c3ccccc3N)nn2)c1. The zero-order valence-corrected chi connectivity index (χ0v) is 13.6. The summed E-state index contributed by atoms with van der Waals surface area (Å²) in [6.07, 6.45) is 2.57. The normalized spacial score (nSPS) is 11.4. The minimum atomic E-state index is -3.34. The molecule has 2 aromatic carbocycles. The summed E-state index contributed by atoms with van der Waals surface area (Å²) < 4.78 is 24.6. The number of nitrogens with zero attached hydrogens (tertiary/aromatic N) is 3. The summed E-state index contributed by atoms with van der Waals surface area (Å²) in [5.74, 6) is -0.349. The number of hydrogen-bond acceptors (Lipinski definition) is 6. The lowest BCUT2D eigenvalue weighted by atomic mass is 10.1. The van der Waals surface area contributed by atoms with Gasteiger partial charge in [-0.3, -0.25) is 4.79 Å². The van der Waals surface area contributed by atoms with Gasteiger partial charge in [0.25, 0.3) is 0 Å². The number of aromatic nitrogens is 3. The Morgan fingerprint density at radius 3 is 2.58 bits per heavy atom. The van der Waals surface area contributed by atoms with Gasteiger partial charge in [-0.25, -0.2) is 13.1 Å². The minimum absolute atomic E-state index is 0.123. The van der Waals surface area contributed by atoms with Crippen LogP contribution in [0.1, 0.15) is 16.1 Å². The molecule has 0 aliphatic heterocycles. The fourth-order valence-corrected chi connectivity index (χ4v) is 2.85. The Morgan fingerprint density at radius 1 is 1.12 bits per heavy atom. The van der Waals surface area contributed by atoms with Gasteiger partial charge >= 0.3 is 0 Å². The molecular formula is C16H14N4O3S. The van der Waals surface area contributed by atoms with Crippen LogP contribution in [-0.4, -0.2) is 35.5 Å². The highest BCUT2D eigenvalue weighted by Gasteiger charge is 2.16. The lowest BCUT2D eigenvalue weighted by Crippen LogP contribution is -2.05. The summed E-state index contributed by atoms with van der Waals surface area (Å²) >= 11 is 0. The van der Waals surface area contributed by atoms with E-state index in [2.05, 4.69) is 10.3 Å². The number of benzene rings is 2. The Morgan fingerprint density at radius 2 is 1.88 bits per heavy atom. The average molecular weight is 342 g/mol. The Labute approximate surface area is 138 Å². The molecule has 0 saturated heterocycles. The number of sulfone groups is 1. The lowest BCUT2D eigenvalue weighted by Gasteiger charge is -2.03. The molecule has 0 unspecified atom stereocenters. The Bertz CT molecular complexity index is 1030. The van der Waals surface area contributed by atoms with Crippen molar-refractivity contribution >= 4 is 21.3 Å². The van der Waals surface area contributed by atoms with Crippen LogP contribution < -0.4 is 5.73 Å². The first kappa shape index (κ1) is 15.9. The van der Waals surface area contributed by atoms with Gasteiger partial charge in [-0.05, 0) is 30.3 Å². The smallest absolute Gasteiger partial charge is 0.216 e. The molecule has 3 aromatic rings. The number of carbonyl (C=O) groups is 1. The molecule has 2 N–H and O–H groups in total. The zero-order chi connectivity index (χ0) is 17.3. The number of hydrogen-bond donors (Lipinski definition) is 1. The van der Waals surface area contributed by atoms with Gasteiger partial charge in [0.15, 0.2) is 15.5 Å². The number of carbonyl (C=O) groups excluding carboxylic acids is 1. The van der Waals surface area contributed by atoms with Crippen molar-refractivity contribution in [2.45, 2.75) is 4.90 Å². The maximum Gasteiger partial charge on any atom is 0.216 e. The highest BCUT2D eigenvalue weighted by atomic mass is 32.2. The number of ketones is 1. The van der Waals surface area contributed by atoms with Gasteiger partial charge in [-0.2, -0.15) is 0 Å². The molecule has 122 valence electrons. The first-order valence-electron chi connectivity index (χ1n) is 6.98. The van der Waals surface area contributed by atoms with Crippen molar-refractivity contribution < 1.29 is 13.2 Å². The Hall–Kier alpha value is -3.00. The molecule has 1 heterocycles. The number of rotatable bonds is 4. The van der Waals surface area contributed by atoms with Crippen LogP contribution in [0.25, 0.3) is 5.69 Å². The molecule has 0 atom stereocenters. The largest absolute Gasteiger partial charge is 0.398 e. The Balaban J connectivity index is 1.97. The number of para-hydroxylation sites is 1. The van der Waals surface area contributed by atoms with E-state index in [0.717, 1.165) is 6.26 Å². The van der Waals surface area contributed by atoms with Crippen LogP contribution in [0.2, 0.25) is 0 Å². The lowest BCUT2D eigenvalue weighted by molar-refractivity contribution is 0.103. The fourth-order valence-electron chi connectivity index (χ4n) is 2.19. The molecule has 0 amide bonds. The van der Waals surface area contributed by atoms with Gasteiger partial charge < -0.3 is 5.73 Å². The van der Waals surface area contributed by atoms with E-state index < -0.39 is 9.84 Å². The van der Waals surface area contributed by atoms with Crippen molar-refractivity contribution in [1.82, 2.24) is 15.0 Å². The summed E-state index contributed by atoms with van der Waals surface area (Å²) in [4.78, 5) is 12.6. The maximum absolute atomic E-state index is 12.4. The van der Waals surface area contributed by atoms with Crippen LogP contribution in [0.4, 0.5) is 5.69 Å². The molecule has 3 rings (SSSR count). The standard InChI is InChI=1S/C16H14N4O3S/c1-24(22,23)12-6-4-5-11(9-12)20-10-15(18-19-20)16(21)13-7-2-3-8-14(13)17/h2-10H,17H2,1H3. The van der Waals surface area contributed by atoms with Crippen LogP contribution >= 0.6 is 0 Å². The molecule has 0 saturated carbocycles. The van der Waals surface area contributed by atoms with Crippen molar-refractivity contribution in [2.75, 3.05) is 12.0 Å². The third kappa shape index (κ3) is 3.04. The van der Waals surface area contributed by atoms with Gasteiger partial charge in [-0.15, -0.1) is 5.10 Å². The second-order valence-electron chi connectivity index (χ2n) is 5.23. The van der Waals surface area contributed by atoms with Crippen LogP contribution in [0.5, 0.6) is 0 Å². The summed E-state index contributed by atoms with van der Waals surface area (Å²) in [5.41, 5.74) is 7.12. The third-order valence-corrected chi connectivity index (χ3v) is 4.55. The van der Waals surface area contributed by atoms with Gasteiger partial charge in [0, 0.05) is 17.5 Å². The molecule has 0 spiro atoms. The van der Waals surface area contributed by atoms with Crippen molar-refractivity contribution in [2.24, 2.45) is 0 Å². The van der Waals surface area contributed by atoms with Gasteiger partial charge in [-0.1, -0.05) is 23.4 Å². The monoisotopic (exact) mass is 342 g/mol. The zero-order valence-electron chi connectivity index (χ0n) is 12.7. The molecule has 8 heteroatoms. The summed E-state index contributed by atoms with van der Waals surface area (Å²) in [6.45, 7) is 0. The number of anilines is 1. The Kier molecular flexibility index (Phi) is 3.90. The predicted octanol–water partition coefficient (Wildman–Crippen LogP) is 1.48. The summed E-state index contributed by atoms with van der Waals surface area (Å²) in [5, 5.41) is 7.76. The molecule has 0 bridgehead atoms. The minimum Gasteiger partial charge on any atom is -0.398 e. The summed E-state index contributed by atoms with van der Waals surface area (Å²) in [7, 11) is -3.34. The molecule has 1 aromatic heterocycles. The average Bonchev–Trinajstić information content (AvgIpc) is 3.04. The van der Waals surface area contributed by atoms with E-state index >= 15 is 0 Å². The van der Waals surface area contributed by atoms with Crippen molar-refractivity contribution in [1.29, 1.82) is 0 Å². The fraction of sp³-hybridized carbons (Fsp3) is 0.0625.